The van der Waals surface area contributed by atoms with E-state index in [2.05, 4.69) is 28.2 Å². The molecule has 0 aliphatic rings. The third-order valence-electron chi connectivity index (χ3n) is 2.35. The first-order valence-corrected chi connectivity index (χ1v) is 6.74. The summed E-state index contributed by atoms with van der Waals surface area (Å²) in [6.07, 6.45) is 0.990. The monoisotopic (exact) mass is 299 g/mol. The number of rotatable bonds is 6. The molecular weight excluding hydrogens is 282 g/mol. The standard InChI is InChI=1S/C13H18BrNO2/c1-3-11(14)9-15-13(16)10-5-7-12(8-6-10)17-4-2/h5-8,11H,3-4,9H2,1-2H3,(H,15,16). The zero-order valence-corrected chi connectivity index (χ0v) is 11.8. The van der Waals surface area contributed by atoms with Gasteiger partial charge in [0.05, 0.1) is 6.61 Å². The molecule has 0 spiro atoms. The number of nitrogens with one attached hydrogen (secondary N) is 1. The average molecular weight is 300 g/mol. The second kappa shape index (κ2) is 7.33. The minimum absolute atomic E-state index is 0.0500. The summed E-state index contributed by atoms with van der Waals surface area (Å²) in [7, 11) is 0. The van der Waals surface area contributed by atoms with Gasteiger partial charge >= 0.3 is 0 Å². The quantitative estimate of drug-likeness (QED) is 0.820. The molecule has 0 aliphatic heterocycles. The van der Waals surface area contributed by atoms with Gasteiger partial charge in [-0.15, -0.1) is 0 Å². The van der Waals surface area contributed by atoms with Crippen LogP contribution in [0.1, 0.15) is 30.6 Å². The average Bonchev–Trinajstić information content (AvgIpc) is 2.36. The van der Waals surface area contributed by atoms with Gasteiger partial charge in [-0.25, -0.2) is 0 Å². The topological polar surface area (TPSA) is 38.3 Å². The first kappa shape index (κ1) is 14.0. The molecule has 94 valence electrons. The second-order valence-electron chi connectivity index (χ2n) is 3.67. The molecule has 17 heavy (non-hydrogen) atoms. The second-order valence-corrected chi connectivity index (χ2v) is 4.97. The van der Waals surface area contributed by atoms with Crippen LogP contribution >= 0.6 is 15.9 Å². The molecule has 0 aliphatic carbocycles. The van der Waals surface area contributed by atoms with Crippen molar-refractivity contribution in [2.24, 2.45) is 0 Å². The third kappa shape index (κ3) is 4.77. The van der Waals surface area contributed by atoms with E-state index in [9.17, 15) is 4.79 Å². The van der Waals surface area contributed by atoms with Crippen molar-refractivity contribution in [1.29, 1.82) is 0 Å². The summed E-state index contributed by atoms with van der Waals surface area (Å²) in [6, 6.07) is 7.17. The Balaban J connectivity index is 2.51. The highest BCUT2D eigenvalue weighted by molar-refractivity contribution is 9.09. The third-order valence-corrected chi connectivity index (χ3v) is 3.33. The molecule has 1 amide bonds. The van der Waals surface area contributed by atoms with Gasteiger partial charge < -0.3 is 10.1 Å². The summed E-state index contributed by atoms with van der Waals surface area (Å²) >= 11 is 3.48. The Labute approximate surface area is 111 Å². The van der Waals surface area contributed by atoms with E-state index in [0.717, 1.165) is 12.2 Å². The highest BCUT2D eigenvalue weighted by Gasteiger charge is 2.07. The zero-order chi connectivity index (χ0) is 12.7. The first-order chi connectivity index (χ1) is 8.17. The van der Waals surface area contributed by atoms with Crippen LogP contribution in [-0.2, 0) is 0 Å². The van der Waals surface area contributed by atoms with Crippen LogP contribution in [0.25, 0.3) is 0 Å². The normalized spacial score (nSPS) is 11.9. The van der Waals surface area contributed by atoms with Gasteiger partial charge in [-0.05, 0) is 37.6 Å². The summed E-state index contributed by atoms with van der Waals surface area (Å²) in [5.41, 5.74) is 0.657. The largest absolute Gasteiger partial charge is 0.494 e. The number of hydrogen-bond acceptors (Lipinski definition) is 2. The zero-order valence-electron chi connectivity index (χ0n) is 10.2. The fourth-order valence-corrected chi connectivity index (χ4v) is 1.48. The Morgan fingerprint density at radius 3 is 2.53 bits per heavy atom. The molecule has 0 saturated heterocycles. The van der Waals surface area contributed by atoms with E-state index in [1.54, 1.807) is 12.1 Å². The highest BCUT2D eigenvalue weighted by atomic mass is 79.9. The predicted octanol–water partition coefficient (Wildman–Crippen LogP) is 2.99. The molecule has 1 rings (SSSR count). The van der Waals surface area contributed by atoms with Crippen LogP contribution in [0.15, 0.2) is 24.3 Å². The molecule has 0 radical (unpaired) electrons. The SMILES string of the molecule is CCOc1ccc(C(=O)NCC(Br)CC)cc1. The van der Waals surface area contributed by atoms with Crippen LogP contribution < -0.4 is 10.1 Å². The van der Waals surface area contributed by atoms with Gasteiger partial charge in [0, 0.05) is 16.9 Å². The van der Waals surface area contributed by atoms with E-state index in [1.165, 1.54) is 0 Å². The smallest absolute Gasteiger partial charge is 0.251 e. The van der Waals surface area contributed by atoms with Gasteiger partial charge in [0.1, 0.15) is 5.75 Å². The molecule has 0 bridgehead atoms. The maximum Gasteiger partial charge on any atom is 0.251 e. The van der Waals surface area contributed by atoms with E-state index in [-0.39, 0.29) is 5.91 Å². The Bertz CT molecular complexity index is 351. The van der Waals surface area contributed by atoms with Crippen molar-refractivity contribution in [2.45, 2.75) is 25.1 Å². The van der Waals surface area contributed by atoms with Crippen molar-refractivity contribution in [3.8, 4) is 5.75 Å². The Kier molecular flexibility index (Phi) is 6.05. The molecule has 0 heterocycles. The molecule has 4 heteroatoms. The molecule has 1 unspecified atom stereocenters. The number of ether oxygens (including phenoxy) is 1. The number of halogens is 1. The van der Waals surface area contributed by atoms with Crippen molar-refractivity contribution in [2.75, 3.05) is 13.2 Å². The molecule has 1 aromatic carbocycles. The predicted molar refractivity (Wildman–Crippen MR) is 73.0 cm³/mol. The summed E-state index contributed by atoms with van der Waals surface area (Å²) in [5.74, 6) is 0.738. The van der Waals surface area contributed by atoms with Crippen molar-refractivity contribution in [3.63, 3.8) is 0 Å². The molecule has 0 saturated carbocycles. The van der Waals surface area contributed by atoms with Crippen molar-refractivity contribution in [3.05, 3.63) is 29.8 Å². The molecule has 0 aromatic heterocycles. The molecule has 1 atom stereocenters. The molecule has 1 N–H and O–H groups in total. The Morgan fingerprint density at radius 1 is 1.35 bits per heavy atom. The van der Waals surface area contributed by atoms with Gasteiger partial charge in [-0.3, -0.25) is 4.79 Å². The van der Waals surface area contributed by atoms with Gasteiger partial charge in [0.2, 0.25) is 0 Å². The number of alkyl halides is 1. The summed E-state index contributed by atoms with van der Waals surface area (Å²) < 4.78 is 5.32. The van der Waals surface area contributed by atoms with E-state index >= 15 is 0 Å². The number of hydrogen-bond donors (Lipinski definition) is 1. The molecule has 3 nitrogen and oxygen atoms in total. The van der Waals surface area contributed by atoms with Crippen LogP contribution in [0, 0.1) is 0 Å². The minimum Gasteiger partial charge on any atom is -0.494 e. The minimum atomic E-state index is -0.0500. The summed E-state index contributed by atoms with van der Waals surface area (Å²) in [5, 5.41) is 2.87. The Morgan fingerprint density at radius 2 is 2.00 bits per heavy atom. The summed E-state index contributed by atoms with van der Waals surface area (Å²) in [6.45, 7) is 5.28. The first-order valence-electron chi connectivity index (χ1n) is 5.82. The lowest BCUT2D eigenvalue weighted by Crippen LogP contribution is -2.29. The van der Waals surface area contributed by atoms with Crippen LogP contribution in [0.2, 0.25) is 0 Å². The summed E-state index contributed by atoms with van der Waals surface area (Å²) in [4.78, 5) is 12.1. The maximum atomic E-state index is 11.8. The number of carbonyl (C=O) groups excluding carboxylic acids is 1. The lowest BCUT2D eigenvalue weighted by Gasteiger charge is -2.09. The maximum absolute atomic E-state index is 11.8. The van der Waals surface area contributed by atoms with E-state index < -0.39 is 0 Å². The van der Waals surface area contributed by atoms with Gasteiger partial charge in [0.25, 0.3) is 5.91 Å². The molecular formula is C13H18BrNO2. The van der Waals surface area contributed by atoms with Crippen LogP contribution in [-0.4, -0.2) is 23.9 Å². The van der Waals surface area contributed by atoms with E-state index in [0.29, 0.717) is 23.5 Å². The van der Waals surface area contributed by atoms with Gasteiger partial charge in [-0.1, -0.05) is 22.9 Å². The fraction of sp³-hybridized carbons (Fsp3) is 0.462. The molecule has 0 fully saturated rings. The van der Waals surface area contributed by atoms with Gasteiger partial charge in [-0.2, -0.15) is 0 Å². The Hall–Kier alpha value is -1.03. The number of benzene rings is 1. The van der Waals surface area contributed by atoms with Crippen molar-refractivity contribution < 1.29 is 9.53 Å². The highest BCUT2D eigenvalue weighted by Crippen LogP contribution is 2.12. The van der Waals surface area contributed by atoms with E-state index in [4.69, 9.17) is 4.74 Å². The molecule has 1 aromatic rings. The number of carbonyl (C=O) groups is 1. The van der Waals surface area contributed by atoms with E-state index in [1.807, 2.05) is 19.1 Å². The van der Waals surface area contributed by atoms with Crippen LogP contribution in [0.5, 0.6) is 5.75 Å². The van der Waals surface area contributed by atoms with Gasteiger partial charge in [0.15, 0.2) is 0 Å². The van der Waals surface area contributed by atoms with Crippen molar-refractivity contribution in [1.82, 2.24) is 5.32 Å². The van der Waals surface area contributed by atoms with Crippen molar-refractivity contribution >= 4 is 21.8 Å². The fourth-order valence-electron chi connectivity index (χ4n) is 1.32. The van der Waals surface area contributed by atoms with Crippen LogP contribution in [0.4, 0.5) is 0 Å². The lowest BCUT2D eigenvalue weighted by molar-refractivity contribution is 0.0954. The lowest BCUT2D eigenvalue weighted by atomic mass is 10.2. The van der Waals surface area contributed by atoms with Crippen LogP contribution in [0.3, 0.4) is 0 Å². The number of amides is 1.